The maximum atomic E-state index is 14.7. The normalized spacial score (nSPS) is 21.5. The molecule has 25 heavy (non-hydrogen) atoms. The van der Waals surface area contributed by atoms with E-state index in [0.29, 0.717) is 5.56 Å². The summed E-state index contributed by atoms with van der Waals surface area (Å²) in [7, 11) is 1.88. The molecule has 1 fully saturated rings. The van der Waals surface area contributed by atoms with Crippen LogP contribution >= 0.6 is 0 Å². The molecule has 0 radical (unpaired) electrons. The minimum absolute atomic E-state index is 0.0937. The second-order valence-corrected chi connectivity index (χ2v) is 7.38. The van der Waals surface area contributed by atoms with Crippen LogP contribution in [0.4, 0.5) is 4.39 Å². The van der Waals surface area contributed by atoms with E-state index in [9.17, 15) is 4.39 Å². The molecule has 5 nitrogen and oxygen atoms in total. The van der Waals surface area contributed by atoms with Gasteiger partial charge in [-0.3, -0.25) is 4.68 Å². The molecule has 3 aromatic rings. The molecule has 2 heterocycles. The smallest absolute Gasteiger partial charge is 0.153 e. The summed E-state index contributed by atoms with van der Waals surface area (Å²) in [5.74, 6) is 2.20. The largest absolute Gasteiger partial charge is 0.251 e. The van der Waals surface area contributed by atoms with Crippen LogP contribution in [0.3, 0.4) is 0 Å². The van der Waals surface area contributed by atoms with E-state index < -0.39 is 5.41 Å². The molecule has 0 bridgehead atoms. The highest BCUT2D eigenvalue weighted by Gasteiger charge is 2.67. The first kappa shape index (κ1) is 16.0. The third-order valence-corrected chi connectivity index (χ3v) is 5.43. The lowest BCUT2D eigenvalue weighted by Gasteiger charge is -2.21. The lowest BCUT2D eigenvalue weighted by atomic mass is 9.86. The summed E-state index contributed by atoms with van der Waals surface area (Å²) >= 11 is 0. The molecule has 0 N–H and O–H groups in total. The van der Waals surface area contributed by atoms with Gasteiger partial charge < -0.3 is 0 Å². The van der Waals surface area contributed by atoms with Crippen LogP contribution in [0.25, 0.3) is 5.82 Å². The molecule has 1 saturated carbocycles. The Morgan fingerprint density at radius 3 is 2.48 bits per heavy atom. The van der Waals surface area contributed by atoms with Crippen molar-refractivity contribution in [1.29, 1.82) is 0 Å². The summed E-state index contributed by atoms with van der Waals surface area (Å²) in [5.41, 5.74) is 0.116. The van der Waals surface area contributed by atoms with Gasteiger partial charge in [-0.2, -0.15) is 9.78 Å². The summed E-state index contributed by atoms with van der Waals surface area (Å²) in [5, 5.41) is 8.93. The monoisotopic (exact) mass is 339 g/mol. The molecule has 1 atom stereocenters. The molecule has 2 aromatic heterocycles. The molecular formula is C19H22FN5. The van der Waals surface area contributed by atoms with Crippen LogP contribution in [0.2, 0.25) is 0 Å². The number of aryl methyl sites for hydroxylation is 2. The second-order valence-electron chi connectivity index (χ2n) is 7.38. The zero-order chi connectivity index (χ0) is 17.8. The predicted octanol–water partition coefficient (Wildman–Crippen LogP) is 3.42. The summed E-state index contributed by atoms with van der Waals surface area (Å²) < 4.78 is 18.3. The third kappa shape index (κ3) is 2.16. The molecule has 1 aliphatic carbocycles. The molecule has 1 aliphatic rings. The van der Waals surface area contributed by atoms with Crippen molar-refractivity contribution in [3.8, 4) is 5.82 Å². The molecule has 130 valence electrons. The van der Waals surface area contributed by atoms with E-state index in [1.807, 2.05) is 36.9 Å². The summed E-state index contributed by atoms with van der Waals surface area (Å²) in [6, 6.07) is 8.92. The van der Waals surface area contributed by atoms with Gasteiger partial charge >= 0.3 is 0 Å². The van der Waals surface area contributed by atoms with E-state index in [1.54, 1.807) is 16.9 Å². The maximum Gasteiger partial charge on any atom is 0.153 e. The van der Waals surface area contributed by atoms with Crippen molar-refractivity contribution < 1.29 is 4.39 Å². The summed E-state index contributed by atoms with van der Waals surface area (Å²) in [6.45, 7) is 6.35. The van der Waals surface area contributed by atoms with Crippen molar-refractivity contribution in [2.45, 2.75) is 39.0 Å². The number of halogens is 1. The van der Waals surface area contributed by atoms with E-state index >= 15 is 0 Å². The zero-order valence-electron chi connectivity index (χ0n) is 15.0. The predicted molar refractivity (Wildman–Crippen MR) is 93.1 cm³/mol. The number of nitrogens with zero attached hydrogens (tertiary/aromatic N) is 5. The molecule has 0 spiro atoms. The van der Waals surface area contributed by atoms with Gasteiger partial charge in [0.1, 0.15) is 11.6 Å². The number of hydrogen-bond acceptors (Lipinski definition) is 3. The van der Waals surface area contributed by atoms with E-state index in [1.165, 1.54) is 6.07 Å². The molecule has 0 saturated heterocycles. The van der Waals surface area contributed by atoms with E-state index in [2.05, 4.69) is 24.0 Å². The van der Waals surface area contributed by atoms with Gasteiger partial charge in [-0.25, -0.2) is 9.37 Å². The molecule has 6 heteroatoms. The van der Waals surface area contributed by atoms with Crippen molar-refractivity contribution in [1.82, 2.24) is 24.5 Å². The minimum atomic E-state index is -0.483. The number of hydrogen-bond donors (Lipinski definition) is 0. The number of benzene rings is 1. The molecule has 4 rings (SSSR count). The molecule has 1 unspecified atom stereocenters. The topological polar surface area (TPSA) is 48.5 Å². The first-order valence-corrected chi connectivity index (χ1v) is 8.60. The van der Waals surface area contributed by atoms with Gasteiger partial charge in [0.25, 0.3) is 0 Å². The van der Waals surface area contributed by atoms with Crippen LogP contribution in [-0.4, -0.2) is 24.5 Å². The molecule has 0 amide bonds. The fourth-order valence-electron chi connectivity index (χ4n) is 3.90. The van der Waals surface area contributed by atoms with E-state index in [4.69, 9.17) is 4.98 Å². The van der Waals surface area contributed by atoms with Gasteiger partial charge in [0.05, 0.1) is 11.6 Å². The molecular weight excluding hydrogens is 317 g/mol. The van der Waals surface area contributed by atoms with E-state index in [0.717, 1.165) is 30.3 Å². The highest BCUT2D eigenvalue weighted by atomic mass is 19.1. The van der Waals surface area contributed by atoms with Gasteiger partial charge in [-0.15, -0.1) is 5.10 Å². The molecule has 1 aromatic carbocycles. The fraction of sp³-hybridized carbons (Fsp3) is 0.421. The number of aromatic nitrogens is 5. The quantitative estimate of drug-likeness (QED) is 0.732. The van der Waals surface area contributed by atoms with Crippen molar-refractivity contribution in [2.24, 2.45) is 12.5 Å². The Morgan fingerprint density at radius 2 is 1.92 bits per heavy atom. The average molecular weight is 339 g/mol. The van der Waals surface area contributed by atoms with Gasteiger partial charge in [0.2, 0.25) is 0 Å². The third-order valence-electron chi connectivity index (χ3n) is 5.43. The van der Waals surface area contributed by atoms with Crippen molar-refractivity contribution in [3.05, 3.63) is 59.6 Å². The summed E-state index contributed by atoms with van der Waals surface area (Å²) in [4.78, 5) is 4.82. The average Bonchev–Trinajstić information content (AvgIpc) is 2.94. The fourth-order valence-corrected chi connectivity index (χ4v) is 3.90. The van der Waals surface area contributed by atoms with Crippen molar-refractivity contribution in [2.75, 3.05) is 0 Å². The van der Waals surface area contributed by atoms with Crippen LogP contribution in [0.5, 0.6) is 0 Å². The Labute approximate surface area is 146 Å². The van der Waals surface area contributed by atoms with Crippen LogP contribution in [0.15, 0.2) is 36.5 Å². The Kier molecular flexibility index (Phi) is 3.36. The van der Waals surface area contributed by atoms with Crippen LogP contribution in [0.1, 0.15) is 44.4 Å². The highest BCUT2D eigenvalue weighted by molar-refractivity contribution is 5.47. The Hall–Kier alpha value is -2.50. The zero-order valence-corrected chi connectivity index (χ0v) is 15.0. The van der Waals surface area contributed by atoms with Crippen molar-refractivity contribution in [3.63, 3.8) is 0 Å². The lowest BCUT2D eigenvalue weighted by Crippen LogP contribution is -2.24. The maximum absolute atomic E-state index is 14.7. The van der Waals surface area contributed by atoms with Crippen LogP contribution < -0.4 is 0 Å². The van der Waals surface area contributed by atoms with Gasteiger partial charge in [0.15, 0.2) is 11.6 Å². The number of rotatable bonds is 4. The molecule has 0 aliphatic heterocycles. The Bertz CT molecular complexity index is 939. The minimum Gasteiger partial charge on any atom is -0.251 e. The van der Waals surface area contributed by atoms with Gasteiger partial charge in [-0.05, 0) is 17.9 Å². The first-order valence-electron chi connectivity index (χ1n) is 8.60. The van der Waals surface area contributed by atoms with Gasteiger partial charge in [-0.1, -0.05) is 39.0 Å². The van der Waals surface area contributed by atoms with Crippen LogP contribution in [0, 0.1) is 11.2 Å². The Balaban J connectivity index is 1.98. The standard InChI is InChI=1S/C19H22FN5/c1-5-15-22-17(25(23-15)16-10-11-21-24(16)4)19(12-18(19,2)3)13-8-6-7-9-14(13)20/h6-11H,5,12H2,1-4H3. The van der Waals surface area contributed by atoms with Gasteiger partial charge in [0, 0.05) is 25.1 Å². The second kappa shape index (κ2) is 5.25. The Morgan fingerprint density at radius 1 is 1.20 bits per heavy atom. The lowest BCUT2D eigenvalue weighted by molar-refractivity contribution is 0.491. The van der Waals surface area contributed by atoms with E-state index in [-0.39, 0.29) is 11.2 Å². The first-order chi connectivity index (χ1) is 11.9. The highest BCUT2D eigenvalue weighted by Crippen LogP contribution is 2.67. The van der Waals surface area contributed by atoms with Crippen molar-refractivity contribution >= 4 is 0 Å². The SMILES string of the molecule is CCc1nc(C2(c3ccccc3F)CC2(C)C)n(-c2ccnn2C)n1. The van der Waals surface area contributed by atoms with Crippen LogP contribution in [-0.2, 0) is 18.9 Å². The summed E-state index contributed by atoms with van der Waals surface area (Å²) in [6.07, 6.45) is 3.30.